The van der Waals surface area contributed by atoms with Crippen LogP contribution in [0.2, 0.25) is 0 Å². The van der Waals surface area contributed by atoms with Crippen LogP contribution in [-0.4, -0.2) is 62.2 Å². The highest BCUT2D eigenvalue weighted by Gasteiger charge is 2.27. The number of carbonyl (C=O) groups excluding carboxylic acids is 1. The molecule has 2 heterocycles. The maximum Gasteiger partial charge on any atom is 0.221 e. The third-order valence-electron chi connectivity index (χ3n) is 5.36. The minimum Gasteiger partial charge on any atom is -0.356 e. The Kier molecular flexibility index (Phi) is 7.00. The Morgan fingerprint density at radius 1 is 1.15 bits per heavy atom. The van der Waals surface area contributed by atoms with Crippen LogP contribution >= 0.6 is 11.8 Å². The molecule has 2 aliphatic rings. The second kappa shape index (κ2) is 9.24. The van der Waals surface area contributed by atoms with Crippen LogP contribution in [0.4, 0.5) is 0 Å². The number of piperidine rings is 1. The standard InChI is InChI=1S/C19H28N2O3S2/c22-19(9-13-26(23,24)18-4-2-1-3-5-18)20-14-16-6-10-21(11-7-16)17-8-12-25-15-17/h1-5,16-17H,6-15H2,(H,20,22). The summed E-state index contributed by atoms with van der Waals surface area (Å²) >= 11 is 2.05. The van der Waals surface area contributed by atoms with Gasteiger partial charge in [0.1, 0.15) is 0 Å². The zero-order valence-corrected chi connectivity index (χ0v) is 16.7. The second-order valence-electron chi connectivity index (χ2n) is 7.18. The number of nitrogens with one attached hydrogen (secondary N) is 1. The molecule has 0 aliphatic carbocycles. The van der Waals surface area contributed by atoms with Gasteiger partial charge in [-0.15, -0.1) is 0 Å². The summed E-state index contributed by atoms with van der Waals surface area (Å²) in [5.74, 6) is 2.75. The Morgan fingerprint density at radius 2 is 1.88 bits per heavy atom. The first-order valence-corrected chi connectivity index (χ1v) is 12.2. The molecule has 0 aromatic heterocycles. The molecule has 1 unspecified atom stereocenters. The lowest BCUT2D eigenvalue weighted by atomic mass is 9.95. The van der Waals surface area contributed by atoms with Crippen molar-refractivity contribution >= 4 is 27.5 Å². The molecule has 1 atom stereocenters. The van der Waals surface area contributed by atoms with Crippen LogP contribution in [0.5, 0.6) is 0 Å². The average Bonchev–Trinajstić information content (AvgIpc) is 3.21. The van der Waals surface area contributed by atoms with Gasteiger partial charge in [0.2, 0.25) is 5.91 Å². The van der Waals surface area contributed by atoms with Crippen LogP contribution < -0.4 is 5.32 Å². The van der Waals surface area contributed by atoms with E-state index < -0.39 is 9.84 Å². The molecule has 144 valence electrons. The van der Waals surface area contributed by atoms with Gasteiger partial charge in [-0.3, -0.25) is 9.69 Å². The first kappa shape index (κ1) is 19.7. The number of hydrogen-bond acceptors (Lipinski definition) is 5. The molecule has 2 aliphatic heterocycles. The van der Waals surface area contributed by atoms with Gasteiger partial charge in [0.25, 0.3) is 0 Å². The molecule has 5 nitrogen and oxygen atoms in total. The molecule has 0 bridgehead atoms. The summed E-state index contributed by atoms with van der Waals surface area (Å²) in [6.45, 7) is 2.90. The molecule has 1 N–H and O–H groups in total. The van der Waals surface area contributed by atoms with Crippen molar-refractivity contribution < 1.29 is 13.2 Å². The van der Waals surface area contributed by atoms with Gasteiger partial charge in [0.05, 0.1) is 10.6 Å². The Hall–Kier alpha value is -1.05. The quantitative estimate of drug-likeness (QED) is 0.765. The minimum absolute atomic E-state index is 0.0232. The maximum atomic E-state index is 12.2. The molecule has 3 rings (SSSR count). The van der Waals surface area contributed by atoms with Crippen molar-refractivity contribution in [2.75, 3.05) is 36.9 Å². The SMILES string of the molecule is O=C(CCS(=O)(=O)c1ccccc1)NCC1CCN(C2CCSC2)CC1. The fraction of sp³-hybridized carbons (Fsp3) is 0.632. The monoisotopic (exact) mass is 396 g/mol. The van der Waals surface area contributed by atoms with Crippen LogP contribution in [-0.2, 0) is 14.6 Å². The summed E-state index contributed by atoms with van der Waals surface area (Å²) in [6, 6.07) is 9.07. The third-order valence-corrected chi connectivity index (χ3v) is 8.24. The molecule has 2 fully saturated rings. The zero-order chi connectivity index (χ0) is 18.4. The van der Waals surface area contributed by atoms with Crippen molar-refractivity contribution in [3.05, 3.63) is 30.3 Å². The van der Waals surface area contributed by atoms with Crippen LogP contribution in [0.25, 0.3) is 0 Å². The normalized spacial score (nSPS) is 22.4. The van der Waals surface area contributed by atoms with E-state index in [1.54, 1.807) is 30.3 Å². The highest BCUT2D eigenvalue weighted by molar-refractivity contribution is 7.99. The van der Waals surface area contributed by atoms with Crippen molar-refractivity contribution in [3.8, 4) is 0 Å². The molecule has 2 saturated heterocycles. The number of carbonyl (C=O) groups is 1. The molecule has 1 aromatic carbocycles. The molecule has 0 saturated carbocycles. The first-order valence-electron chi connectivity index (χ1n) is 9.41. The van der Waals surface area contributed by atoms with E-state index in [0.717, 1.165) is 32.0 Å². The minimum atomic E-state index is -3.38. The zero-order valence-electron chi connectivity index (χ0n) is 15.1. The summed E-state index contributed by atoms with van der Waals surface area (Å²) in [6.07, 6.45) is 3.56. The predicted octanol–water partition coefficient (Wildman–Crippen LogP) is 2.18. The fourth-order valence-corrected chi connectivity index (χ4v) is 6.17. The van der Waals surface area contributed by atoms with Gasteiger partial charge in [0, 0.05) is 24.8 Å². The lowest BCUT2D eigenvalue weighted by molar-refractivity contribution is -0.121. The Labute approximate surface area is 160 Å². The number of nitrogens with zero attached hydrogens (tertiary/aromatic N) is 1. The number of rotatable bonds is 7. The van der Waals surface area contributed by atoms with E-state index in [2.05, 4.69) is 10.2 Å². The second-order valence-corrected chi connectivity index (χ2v) is 10.4. The molecular weight excluding hydrogens is 368 g/mol. The summed E-state index contributed by atoms with van der Waals surface area (Å²) in [5, 5.41) is 2.93. The predicted molar refractivity (Wildman–Crippen MR) is 106 cm³/mol. The van der Waals surface area contributed by atoms with E-state index in [1.807, 2.05) is 11.8 Å². The number of amides is 1. The molecule has 0 spiro atoms. The van der Waals surface area contributed by atoms with Crippen molar-refractivity contribution in [2.45, 2.75) is 36.6 Å². The van der Waals surface area contributed by atoms with Gasteiger partial charge in [-0.25, -0.2) is 8.42 Å². The topological polar surface area (TPSA) is 66.5 Å². The first-order chi connectivity index (χ1) is 12.5. The summed E-state index contributed by atoms with van der Waals surface area (Å²) in [5.41, 5.74) is 0. The Balaban J connectivity index is 1.36. The van der Waals surface area contributed by atoms with Crippen LogP contribution in [0, 0.1) is 5.92 Å². The number of hydrogen-bond donors (Lipinski definition) is 1. The van der Waals surface area contributed by atoms with Crippen molar-refractivity contribution in [1.82, 2.24) is 10.2 Å². The lowest BCUT2D eigenvalue weighted by Crippen LogP contribution is -2.43. The highest BCUT2D eigenvalue weighted by atomic mass is 32.2. The Morgan fingerprint density at radius 3 is 2.54 bits per heavy atom. The van der Waals surface area contributed by atoms with Gasteiger partial charge in [-0.1, -0.05) is 18.2 Å². The van der Waals surface area contributed by atoms with E-state index in [0.29, 0.717) is 12.5 Å². The molecule has 1 aromatic rings. The highest BCUT2D eigenvalue weighted by Crippen LogP contribution is 2.26. The van der Waals surface area contributed by atoms with Crippen LogP contribution in [0.15, 0.2) is 35.2 Å². The Bertz CT molecular complexity index is 680. The van der Waals surface area contributed by atoms with Gasteiger partial charge in [0.15, 0.2) is 9.84 Å². The van der Waals surface area contributed by atoms with Gasteiger partial charge >= 0.3 is 0 Å². The number of likely N-dealkylation sites (tertiary alicyclic amines) is 1. The van der Waals surface area contributed by atoms with E-state index >= 15 is 0 Å². The van der Waals surface area contributed by atoms with E-state index in [-0.39, 0.29) is 23.0 Å². The molecular formula is C19H28N2O3S2. The van der Waals surface area contributed by atoms with Crippen LogP contribution in [0.3, 0.4) is 0 Å². The molecule has 0 radical (unpaired) electrons. The van der Waals surface area contributed by atoms with Gasteiger partial charge in [-0.2, -0.15) is 11.8 Å². The number of benzene rings is 1. The third kappa shape index (κ3) is 5.47. The van der Waals surface area contributed by atoms with E-state index in [1.165, 1.54) is 17.9 Å². The van der Waals surface area contributed by atoms with E-state index in [4.69, 9.17) is 0 Å². The van der Waals surface area contributed by atoms with Gasteiger partial charge in [-0.05, 0) is 56.2 Å². The average molecular weight is 397 g/mol. The number of sulfone groups is 1. The summed E-state index contributed by atoms with van der Waals surface area (Å²) in [4.78, 5) is 14.9. The smallest absolute Gasteiger partial charge is 0.221 e. The lowest BCUT2D eigenvalue weighted by Gasteiger charge is -2.35. The van der Waals surface area contributed by atoms with Gasteiger partial charge < -0.3 is 5.32 Å². The molecule has 1 amide bonds. The summed E-state index contributed by atoms with van der Waals surface area (Å²) < 4.78 is 24.4. The molecule has 26 heavy (non-hydrogen) atoms. The molecule has 7 heteroatoms. The summed E-state index contributed by atoms with van der Waals surface area (Å²) in [7, 11) is -3.38. The van der Waals surface area contributed by atoms with Crippen molar-refractivity contribution in [3.63, 3.8) is 0 Å². The number of thioether (sulfide) groups is 1. The van der Waals surface area contributed by atoms with Crippen molar-refractivity contribution in [1.29, 1.82) is 0 Å². The fourth-order valence-electron chi connectivity index (χ4n) is 3.65. The maximum absolute atomic E-state index is 12.2. The van der Waals surface area contributed by atoms with E-state index in [9.17, 15) is 13.2 Å². The largest absolute Gasteiger partial charge is 0.356 e. The van der Waals surface area contributed by atoms with Crippen LogP contribution in [0.1, 0.15) is 25.7 Å². The van der Waals surface area contributed by atoms with Crippen molar-refractivity contribution in [2.24, 2.45) is 5.92 Å².